The van der Waals surface area contributed by atoms with E-state index in [2.05, 4.69) is 38.9 Å². The van der Waals surface area contributed by atoms with Crippen LogP contribution in [0.2, 0.25) is 0 Å². The van der Waals surface area contributed by atoms with Crippen molar-refractivity contribution in [3.8, 4) is 5.75 Å². The molecule has 0 amide bonds. The van der Waals surface area contributed by atoms with E-state index in [-0.39, 0.29) is 6.04 Å². The van der Waals surface area contributed by atoms with Crippen molar-refractivity contribution in [3.05, 3.63) is 46.0 Å². The SMILES string of the molecule is CCc1cc(C(N)c2ncc(Br)[nH]2)ccc1OC. The predicted octanol–water partition coefficient (Wildman–Crippen LogP) is 2.79. The number of H-pyrrole nitrogens is 1. The number of aromatic amines is 1. The van der Waals surface area contributed by atoms with Crippen LogP contribution in [0.3, 0.4) is 0 Å². The van der Waals surface area contributed by atoms with Gasteiger partial charge in [0.1, 0.15) is 16.2 Å². The maximum atomic E-state index is 6.19. The van der Waals surface area contributed by atoms with E-state index in [0.717, 1.165) is 33.7 Å². The number of halogens is 1. The van der Waals surface area contributed by atoms with Crippen LogP contribution in [0.5, 0.6) is 5.75 Å². The Morgan fingerprint density at radius 1 is 1.50 bits per heavy atom. The molecule has 96 valence electrons. The lowest BCUT2D eigenvalue weighted by molar-refractivity contribution is 0.410. The molecule has 0 aliphatic rings. The highest BCUT2D eigenvalue weighted by Gasteiger charge is 2.14. The van der Waals surface area contributed by atoms with Crippen molar-refractivity contribution in [3.63, 3.8) is 0 Å². The van der Waals surface area contributed by atoms with Gasteiger partial charge < -0.3 is 15.5 Å². The molecule has 1 unspecified atom stereocenters. The molecule has 1 heterocycles. The van der Waals surface area contributed by atoms with E-state index in [1.165, 1.54) is 0 Å². The summed E-state index contributed by atoms with van der Waals surface area (Å²) in [4.78, 5) is 7.32. The molecule has 1 atom stereocenters. The molecule has 4 nitrogen and oxygen atoms in total. The summed E-state index contributed by atoms with van der Waals surface area (Å²) >= 11 is 3.33. The summed E-state index contributed by atoms with van der Waals surface area (Å²) in [6, 6.07) is 5.73. The summed E-state index contributed by atoms with van der Waals surface area (Å²) in [7, 11) is 1.68. The summed E-state index contributed by atoms with van der Waals surface area (Å²) in [6.07, 6.45) is 2.62. The molecule has 1 aromatic heterocycles. The number of nitrogens with two attached hydrogens (primary N) is 1. The molecular weight excluding hydrogens is 294 g/mol. The number of nitrogens with zero attached hydrogens (tertiary/aromatic N) is 1. The minimum atomic E-state index is -0.257. The Bertz CT molecular complexity index is 539. The largest absolute Gasteiger partial charge is 0.496 e. The first-order valence-electron chi connectivity index (χ1n) is 5.78. The van der Waals surface area contributed by atoms with E-state index in [1.807, 2.05) is 12.1 Å². The fraction of sp³-hybridized carbons (Fsp3) is 0.308. The Hall–Kier alpha value is -1.33. The molecule has 2 rings (SSSR count). The summed E-state index contributed by atoms with van der Waals surface area (Å²) in [5, 5.41) is 0. The molecule has 0 saturated heterocycles. The zero-order valence-electron chi connectivity index (χ0n) is 10.4. The number of rotatable bonds is 4. The van der Waals surface area contributed by atoms with Gasteiger partial charge in [0.05, 0.1) is 19.3 Å². The third kappa shape index (κ3) is 2.57. The van der Waals surface area contributed by atoms with Gasteiger partial charge >= 0.3 is 0 Å². The number of ether oxygens (including phenoxy) is 1. The third-order valence-electron chi connectivity index (χ3n) is 2.90. The number of nitrogens with one attached hydrogen (secondary N) is 1. The topological polar surface area (TPSA) is 63.9 Å². The Morgan fingerprint density at radius 2 is 2.28 bits per heavy atom. The summed E-state index contributed by atoms with van der Waals surface area (Å²) in [6.45, 7) is 2.09. The Balaban J connectivity index is 2.33. The monoisotopic (exact) mass is 309 g/mol. The Kier molecular flexibility index (Phi) is 4.04. The molecule has 0 saturated carbocycles. The zero-order chi connectivity index (χ0) is 13.1. The van der Waals surface area contributed by atoms with Crippen LogP contribution in [0.15, 0.2) is 29.0 Å². The Labute approximate surface area is 115 Å². The average molecular weight is 310 g/mol. The van der Waals surface area contributed by atoms with Crippen molar-refractivity contribution >= 4 is 15.9 Å². The van der Waals surface area contributed by atoms with E-state index in [0.29, 0.717) is 0 Å². The van der Waals surface area contributed by atoms with Gasteiger partial charge in [-0.15, -0.1) is 0 Å². The van der Waals surface area contributed by atoms with Gasteiger partial charge in [0.25, 0.3) is 0 Å². The molecule has 2 aromatic rings. The minimum Gasteiger partial charge on any atom is -0.496 e. The van der Waals surface area contributed by atoms with Gasteiger partial charge in [-0.2, -0.15) is 0 Å². The van der Waals surface area contributed by atoms with E-state index in [9.17, 15) is 0 Å². The molecule has 18 heavy (non-hydrogen) atoms. The van der Waals surface area contributed by atoms with E-state index in [1.54, 1.807) is 13.3 Å². The van der Waals surface area contributed by atoms with E-state index >= 15 is 0 Å². The minimum absolute atomic E-state index is 0.257. The highest BCUT2D eigenvalue weighted by molar-refractivity contribution is 9.10. The molecule has 0 fully saturated rings. The fourth-order valence-corrected chi connectivity index (χ4v) is 2.20. The van der Waals surface area contributed by atoms with E-state index < -0.39 is 0 Å². The van der Waals surface area contributed by atoms with Crippen LogP contribution in [-0.2, 0) is 6.42 Å². The lowest BCUT2D eigenvalue weighted by Gasteiger charge is -2.13. The van der Waals surface area contributed by atoms with Crippen molar-refractivity contribution < 1.29 is 4.74 Å². The molecule has 3 N–H and O–H groups in total. The molecule has 0 aliphatic heterocycles. The normalized spacial score (nSPS) is 12.4. The van der Waals surface area contributed by atoms with Gasteiger partial charge in [-0.25, -0.2) is 4.98 Å². The number of aryl methyl sites for hydroxylation is 1. The van der Waals surface area contributed by atoms with Crippen molar-refractivity contribution in [2.75, 3.05) is 7.11 Å². The first-order chi connectivity index (χ1) is 8.65. The summed E-state index contributed by atoms with van der Waals surface area (Å²) in [5.41, 5.74) is 8.36. The molecule has 0 bridgehead atoms. The molecule has 0 spiro atoms. The highest BCUT2D eigenvalue weighted by atomic mass is 79.9. The van der Waals surface area contributed by atoms with Crippen LogP contribution < -0.4 is 10.5 Å². The summed E-state index contributed by atoms with van der Waals surface area (Å²) in [5.74, 6) is 1.64. The second kappa shape index (κ2) is 5.54. The number of benzene rings is 1. The third-order valence-corrected chi connectivity index (χ3v) is 3.31. The number of aromatic nitrogens is 2. The standard InChI is InChI=1S/C13H16BrN3O/c1-3-8-6-9(4-5-10(8)18-2)12(15)13-16-7-11(14)17-13/h4-7,12H,3,15H2,1-2H3,(H,16,17). The molecule has 5 heteroatoms. The van der Waals surface area contributed by atoms with Gasteiger partial charge in [-0.1, -0.05) is 19.1 Å². The molecule has 1 aromatic carbocycles. The van der Waals surface area contributed by atoms with Crippen LogP contribution in [0.25, 0.3) is 0 Å². The zero-order valence-corrected chi connectivity index (χ0v) is 12.0. The van der Waals surface area contributed by atoms with Crippen LogP contribution in [-0.4, -0.2) is 17.1 Å². The van der Waals surface area contributed by atoms with Gasteiger partial charge in [0, 0.05) is 0 Å². The van der Waals surface area contributed by atoms with Crippen molar-refractivity contribution in [2.45, 2.75) is 19.4 Å². The second-order valence-electron chi connectivity index (χ2n) is 4.02. The maximum absolute atomic E-state index is 6.19. The predicted molar refractivity (Wildman–Crippen MR) is 74.7 cm³/mol. The number of hydrogen-bond acceptors (Lipinski definition) is 3. The molecular formula is C13H16BrN3O. The lowest BCUT2D eigenvalue weighted by atomic mass is 10.0. The highest BCUT2D eigenvalue weighted by Crippen LogP contribution is 2.25. The van der Waals surface area contributed by atoms with Crippen molar-refractivity contribution in [1.82, 2.24) is 9.97 Å². The second-order valence-corrected chi connectivity index (χ2v) is 4.87. The van der Waals surface area contributed by atoms with Gasteiger partial charge in [0.15, 0.2) is 0 Å². The van der Waals surface area contributed by atoms with E-state index in [4.69, 9.17) is 10.5 Å². The molecule has 0 aliphatic carbocycles. The number of imidazole rings is 1. The van der Waals surface area contributed by atoms with Crippen LogP contribution in [0.1, 0.15) is 29.9 Å². The first kappa shape index (κ1) is 13.1. The van der Waals surface area contributed by atoms with Crippen LogP contribution in [0.4, 0.5) is 0 Å². The van der Waals surface area contributed by atoms with Gasteiger partial charge in [0.2, 0.25) is 0 Å². The van der Waals surface area contributed by atoms with Crippen LogP contribution in [0, 0.1) is 0 Å². The number of methoxy groups -OCH3 is 1. The quantitative estimate of drug-likeness (QED) is 0.912. The van der Waals surface area contributed by atoms with Crippen molar-refractivity contribution in [1.29, 1.82) is 0 Å². The average Bonchev–Trinajstić information content (AvgIpc) is 2.83. The van der Waals surface area contributed by atoms with Gasteiger partial charge in [-0.3, -0.25) is 0 Å². The lowest BCUT2D eigenvalue weighted by Crippen LogP contribution is -2.14. The first-order valence-corrected chi connectivity index (χ1v) is 6.57. The molecule has 0 radical (unpaired) electrons. The summed E-state index contributed by atoms with van der Waals surface area (Å²) < 4.78 is 6.14. The number of hydrogen-bond donors (Lipinski definition) is 2. The van der Waals surface area contributed by atoms with Crippen molar-refractivity contribution in [2.24, 2.45) is 5.73 Å². The van der Waals surface area contributed by atoms with Crippen LogP contribution >= 0.6 is 15.9 Å². The maximum Gasteiger partial charge on any atom is 0.128 e. The fourth-order valence-electron chi connectivity index (χ4n) is 1.90. The Morgan fingerprint density at radius 3 is 2.83 bits per heavy atom. The van der Waals surface area contributed by atoms with Gasteiger partial charge in [-0.05, 0) is 39.5 Å². The smallest absolute Gasteiger partial charge is 0.128 e.